The number of hydrogen-bond donors (Lipinski definition) is 2. The molecule has 0 saturated heterocycles. The zero-order valence-corrected chi connectivity index (χ0v) is 11.8. The molecule has 4 heteroatoms. The normalized spacial score (nSPS) is 14.3. The predicted octanol–water partition coefficient (Wildman–Crippen LogP) is 3.45. The van der Waals surface area contributed by atoms with E-state index < -0.39 is 6.10 Å². The minimum atomic E-state index is -0.578. The second-order valence-electron chi connectivity index (χ2n) is 4.70. The Morgan fingerprint density at radius 1 is 1.37 bits per heavy atom. The number of nitrogens with one attached hydrogen (secondary N) is 1. The lowest BCUT2D eigenvalue weighted by Gasteiger charge is -2.20. The maximum absolute atomic E-state index is 10.3. The highest BCUT2D eigenvalue weighted by molar-refractivity contribution is 6.31. The van der Waals surface area contributed by atoms with Gasteiger partial charge in [0.2, 0.25) is 0 Å². The standard InChI is InChI=1S/C15H18ClNO2/c1-10-8-12(5-6-14(10)16)15(18)11(2)17-9-13-4-3-7-19-13/h3-8,11,15,17-18H,9H2,1-2H3. The van der Waals surface area contributed by atoms with Gasteiger partial charge in [-0.2, -0.15) is 0 Å². The molecule has 0 radical (unpaired) electrons. The minimum absolute atomic E-state index is 0.0781. The van der Waals surface area contributed by atoms with Gasteiger partial charge in [-0.3, -0.25) is 0 Å². The molecular formula is C15H18ClNO2. The van der Waals surface area contributed by atoms with Crippen LogP contribution in [0.25, 0.3) is 0 Å². The summed E-state index contributed by atoms with van der Waals surface area (Å²) in [6.07, 6.45) is 1.06. The summed E-state index contributed by atoms with van der Waals surface area (Å²) in [5.74, 6) is 0.853. The van der Waals surface area contributed by atoms with E-state index in [4.69, 9.17) is 16.0 Å². The van der Waals surface area contributed by atoms with E-state index in [0.29, 0.717) is 11.6 Å². The molecule has 1 aromatic heterocycles. The zero-order chi connectivity index (χ0) is 13.8. The maximum Gasteiger partial charge on any atom is 0.117 e. The number of aliphatic hydroxyl groups is 1. The Bertz CT molecular complexity index is 525. The molecule has 2 aromatic rings. The second kappa shape index (κ2) is 6.24. The van der Waals surface area contributed by atoms with E-state index in [-0.39, 0.29) is 6.04 Å². The van der Waals surface area contributed by atoms with Crippen molar-refractivity contribution in [3.63, 3.8) is 0 Å². The average Bonchev–Trinajstić information content (AvgIpc) is 2.91. The monoisotopic (exact) mass is 279 g/mol. The van der Waals surface area contributed by atoms with Crippen LogP contribution in [0.15, 0.2) is 41.0 Å². The van der Waals surface area contributed by atoms with Crippen molar-refractivity contribution in [2.24, 2.45) is 0 Å². The average molecular weight is 280 g/mol. The van der Waals surface area contributed by atoms with Crippen LogP contribution >= 0.6 is 11.6 Å². The number of benzene rings is 1. The molecular weight excluding hydrogens is 262 g/mol. The lowest BCUT2D eigenvalue weighted by molar-refractivity contribution is 0.134. The van der Waals surface area contributed by atoms with Gasteiger partial charge >= 0.3 is 0 Å². The van der Waals surface area contributed by atoms with Gasteiger partial charge in [-0.15, -0.1) is 0 Å². The van der Waals surface area contributed by atoms with Crippen LogP contribution in [-0.4, -0.2) is 11.1 Å². The summed E-state index contributed by atoms with van der Waals surface area (Å²) >= 11 is 5.98. The SMILES string of the molecule is Cc1cc(C(O)C(C)NCc2ccco2)ccc1Cl. The molecule has 0 spiro atoms. The fraction of sp³-hybridized carbons (Fsp3) is 0.333. The molecule has 2 atom stereocenters. The van der Waals surface area contributed by atoms with Crippen molar-refractivity contribution >= 4 is 11.6 Å². The van der Waals surface area contributed by atoms with Gasteiger partial charge in [0.1, 0.15) is 5.76 Å². The molecule has 102 valence electrons. The van der Waals surface area contributed by atoms with E-state index in [1.807, 2.05) is 44.2 Å². The first-order valence-electron chi connectivity index (χ1n) is 6.28. The van der Waals surface area contributed by atoms with E-state index in [0.717, 1.165) is 16.9 Å². The van der Waals surface area contributed by atoms with Crippen LogP contribution in [0.1, 0.15) is 29.9 Å². The number of aliphatic hydroxyl groups excluding tert-OH is 1. The highest BCUT2D eigenvalue weighted by atomic mass is 35.5. The topological polar surface area (TPSA) is 45.4 Å². The van der Waals surface area contributed by atoms with Gasteiger partial charge in [0, 0.05) is 11.1 Å². The predicted molar refractivity (Wildman–Crippen MR) is 76.2 cm³/mol. The summed E-state index contributed by atoms with van der Waals surface area (Å²) in [6.45, 7) is 4.47. The summed E-state index contributed by atoms with van der Waals surface area (Å²) in [6, 6.07) is 9.25. The Kier molecular flexibility index (Phi) is 4.64. The zero-order valence-electron chi connectivity index (χ0n) is 11.1. The molecule has 3 nitrogen and oxygen atoms in total. The third-order valence-corrected chi connectivity index (χ3v) is 3.60. The van der Waals surface area contributed by atoms with Crippen molar-refractivity contribution in [1.29, 1.82) is 0 Å². The lowest BCUT2D eigenvalue weighted by atomic mass is 10.0. The summed E-state index contributed by atoms with van der Waals surface area (Å²) in [4.78, 5) is 0. The number of aryl methyl sites for hydroxylation is 1. The van der Waals surface area contributed by atoms with Gasteiger partial charge in [0.25, 0.3) is 0 Å². The second-order valence-corrected chi connectivity index (χ2v) is 5.11. The molecule has 0 fully saturated rings. The third kappa shape index (κ3) is 3.60. The van der Waals surface area contributed by atoms with Gasteiger partial charge in [0.15, 0.2) is 0 Å². The van der Waals surface area contributed by atoms with Gasteiger partial charge in [0.05, 0.1) is 18.9 Å². The van der Waals surface area contributed by atoms with Crippen molar-refractivity contribution in [3.05, 3.63) is 58.5 Å². The van der Waals surface area contributed by atoms with Crippen molar-refractivity contribution in [1.82, 2.24) is 5.32 Å². The molecule has 0 aliphatic carbocycles. The molecule has 0 amide bonds. The largest absolute Gasteiger partial charge is 0.468 e. The van der Waals surface area contributed by atoms with Crippen molar-refractivity contribution in [2.45, 2.75) is 32.5 Å². The van der Waals surface area contributed by atoms with Crippen LogP contribution in [0.3, 0.4) is 0 Å². The van der Waals surface area contributed by atoms with Crippen LogP contribution in [0.2, 0.25) is 5.02 Å². The first-order valence-corrected chi connectivity index (χ1v) is 6.65. The van der Waals surface area contributed by atoms with Crippen LogP contribution in [-0.2, 0) is 6.54 Å². The summed E-state index contributed by atoms with van der Waals surface area (Å²) in [5, 5.41) is 14.3. The molecule has 2 rings (SSSR count). The first kappa shape index (κ1) is 14.1. The lowest BCUT2D eigenvalue weighted by Crippen LogP contribution is -2.31. The fourth-order valence-electron chi connectivity index (χ4n) is 1.93. The maximum atomic E-state index is 10.3. The molecule has 0 aliphatic rings. The summed E-state index contributed by atoms with van der Waals surface area (Å²) in [5.41, 5.74) is 1.83. The Hall–Kier alpha value is -1.29. The van der Waals surface area contributed by atoms with E-state index in [1.54, 1.807) is 6.26 Å². The molecule has 1 aromatic carbocycles. The van der Waals surface area contributed by atoms with Crippen LogP contribution < -0.4 is 5.32 Å². The third-order valence-electron chi connectivity index (χ3n) is 3.18. The molecule has 1 heterocycles. The van der Waals surface area contributed by atoms with Crippen molar-refractivity contribution in [3.8, 4) is 0 Å². The van der Waals surface area contributed by atoms with Crippen LogP contribution in [0.5, 0.6) is 0 Å². The van der Waals surface area contributed by atoms with Gasteiger partial charge in [-0.1, -0.05) is 23.7 Å². The fourth-order valence-corrected chi connectivity index (χ4v) is 2.04. The molecule has 0 aliphatic heterocycles. The number of rotatable bonds is 5. The van der Waals surface area contributed by atoms with Crippen molar-refractivity contribution < 1.29 is 9.52 Å². The number of halogens is 1. The van der Waals surface area contributed by atoms with E-state index in [2.05, 4.69) is 5.32 Å². The number of hydrogen-bond acceptors (Lipinski definition) is 3. The van der Waals surface area contributed by atoms with E-state index >= 15 is 0 Å². The van der Waals surface area contributed by atoms with Crippen LogP contribution in [0.4, 0.5) is 0 Å². The molecule has 0 saturated carbocycles. The van der Waals surface area contributed by atoms with Gasteiger partial charge in [-0.05, 0) is 43.2 Å². The molecule has 0 bridgehead atoms. The Morgan fingerprint density at radius 2 is 2.16 bits per heavy atom. The highest BCUT2D eigenvalue weighted by Crippen LogP contribution is 2.23. The Labute approximate surface area is 118 Å². The first-order chi connectivity index (χ1) is 9.08. The Balaban J connectivity index is 1.97. The summed E-state index contributed by atoms with van der Waals surface area (Å²) in [7, 11) is 0. The van der Waals surface area contributed by atoms with Crippen molar-refractivity contribution in [2.75, 3.05) is 0 Å². The summed E-state index contributed by atoms with van der Waals surface area (Å²) < 4.78 is 5.24. The quantitative estimate of drug-likeness (QED) is 0.881. The number of furan rings is 1. The molecule has 19 heavy (non-hydrogen) atoms. The highest BCUT2D eigenvalue weighted by Gasteiger charge is 2.16. The molecule has 2 N–H and O–H groups in total. The van der Waals surface area contributed by atoms with Gasteiger partial charge < -0.3 is 14.8 Å². The van der Waals surface area contributed by atoms with Crippen LogP contribution in [0, 0.1) is 6.92 Å². The molecule has 2 unspecified atom stereocenters. The Morgan fingerprint density at radius 3 is 2.79 bits per heavy atom. The van der Waals surface area contributed by atoms with E-state index in [1.165, 1.54) is 0 Å². The van der Waals surface area contributed by atoms with E-state index in [9.17, 15) is 5.11 Å². The smallest absolute Gasteiger partial charge is 0.117 e. The van der Waals surface area contributed by atoms with Gasteiger partial charge in [-0.25, -0.2) is 0 Å². The minimum Gasteiger partial charge on any atom is -0.468 e.